The molecule has 2 aromatic carbocycles. The summed E-state index contributed by atoms with van der Waals surface area (Å²) in [5, 5.41) is 2.60. The van der Waals surface area contributed by atoms with E-state index < -0.39 is 18.0 Å². The number of nitrogens with one attached hydrogen (secondary N) is 1. The van der Waals surface area contributed by atoms with E-state index in [2.05, 4.69) is 5.32 Å². The topological polar surface area (TPSA) is 103 Å². The van der Waals surface area contributed by atoms with Crippen molar-refractivity contribution in [2.24, 2.45) is 0 Å². The highest BCUT2D eigenvalue weighted by molar-refractivity contribution is 6.28. The van der Waals surface area contributed by atoms with Gasteiger partial charge in [-0.1, -0.05) is 24.3 Å². The van der Waals surface area contributed by atoms with Crippen LogP contribution in [-0.4, -0.2) is 29.5 Å². The second kappa shape index (κ2) is 8.23. The van der Waals surface area contributed by atoms with Gasteiger partial charge >= 0.3 is 5.97 Å². The first-order valence-electron chi connectivity index (χ1n) is 9.49. The van der Waals surface area contributed by atoms with Crippen molar-refractivity contribution in [2.45, 2.75) is 13.0 Å². The molecule has 0 saturated carbocycles. The van der Waals surface area contributed by atoms with Crippen LogP contribution in [0.2, 0.25) is 0 Å². The molecule has 0 fully saturated rings. The molecule has 1 aromatic heterocycles. The maximum absolute atomic E-state index is 12.8. The van der Waals surface area contributed by atoms with Gasteiger partial charge in [0.2, 0.25) is 0 Å². The number of carbonyl (C=O) groups excluding carboxylic acids is 4. The van der Waals surface area contributed by atoms with Gasteiger partial charge in [0, 0.05) is 34.0 Å². The van der Waals surface area contributed by atoms with Crippen molar-refractivity contribution in [1.29, 1.82) is 0 Å². The van der Waals surface area contributed by atoms with Crippen LogP contribution in [0.1, 0.15) is 44.5 Å². The lowest BCUT2D eigenvalue weighted by molar-refractivity contribution is -0.148. The predicted octanol–water partition coefficient (Wildman–Crippen LogP) is 3.64. The maximum Gasteiger partial charge on any atom is 0.331 e. The molecule has 1 heterocycles. The molecule has 0 radical (unpaired) electrons. The van der Waals surface area contributed by atoms with Crippen LogP contribution in [0.3, 0.4) is 0 Å². The molecule has 1 amide bonds. The van der Waals surface area contributed by atoms with Gasteiger partial charge in [0.05, 0.1) is 6.26 Å². The minimum Gasteiger partial charge on any atom is -0.465 e. The van der Waals surface area contributed by atoms with E-state index in [1.807, 2.05) is 0 Å². The zero-order chi connectivity index (χ0) is 22.0. The zero-order valence-corrected chi connectivity index (χ0v) is 16.5. The van der Waals surface area contributed by atoms with Gasteiger partial charge < -0.3 is 14.5 Å². The molecule has 7 nitrogen and oxygen atoms in total. The summed E-state index contributed by atoms with van der Waals surface area (Å²) in [5.74, 6) is -1.34. The molecular weight excluding hydrogens is 398 g/mol. The molecule has 1 aliphatic rings. The van der Waals surface area contributed by atoms with Crippen molar-refractivity contribution in [3.05, 3.63) is 95.0 Å². The summed E-state index contributed by atoms with van der Waals surface area (Å²) in [4.78, 5) is 49.7. The molecule has 1 N–H and O–H groups in total. The van der Waals surface area contributed by atoms with Gasteiger partial charge in [-0.2, -0.15) is 0 Å². The smallest absolute Gasteiger partial charge is 0.331 e. The molecule has 0 saturated heterocycles. The number of hydrogen-bond acceptors (Lipinski definition) is 6. The average molecular weight is 415 g/mol. The van der Waals surface area contributed by atoms with E-state index >= 15 is 0 Å². The fourth-order valence-corrected chi connectivity index (χ4v) is 3.22. The molecule has 1 unspecified atom stereocenters. The first kappa shape index (κ1) is 20.0. The fraction of sp³-hybridized carbons (Fsp3) is 0.0833. The van der Waals surface area contributed by atoms with Crippen LogP contribution >= 0.6 is 0 Å². The molecule has 0 bridgehead atoms. The van der Waals surface area contributed by atoms with Crippen LogP contribution in [0.25, 0.3) is 6.08 Å². The van der Waals surface area contributed by atoms with Crippen LogP contribution < -0.4 is 5.32 Å². The Balaban J connectivity index is 1.45. The minimum atomic E-state index is -1.08. The van der Waals surface area contributed by atoms with E-state index in [9.17, 15) is 19.2 Å². The van der Waals surface area contributed by atoms with Crippen molar-refractivity contribution < 1.29 is 28.3 Å². The fourth-order valence-electron chi connectivity index (χ4n) is 3.22. The van der Waals surface area contributed by atoms with Crippen LogP contribution in [-0.2, 0) is 14.3 Å². The van der Waals surface area contributed by atoms with E-state index in [1.54, 1.807) is 36.4 Å². The summed E-state index contributed by atoms with van der Waals surface area (Å²) >= 11 is 0. The minimum absolute atomic E-state index is 0.215. The number of ether oxygens (including phenoxy) is 1. The third-order valence-corrected chi connectivity index (χ3v) is 4.78. The second-order valence-electron chi connectivity index (χ2n) is 6.88. The summed E-state index contributed by atoms with van der Waals surface area (Å²) in [5.41, 5.74) is 1.50. The SMILES string of the molecule is CC(OC(=O)/C=C/c1ccco1)C(=O)Nc1ccc2c(c1)C(=O)c1ccccc1C2=O. The lowest BCUT2D eigenvalue weighted by Crippen LogP contribution is -2.29. The number of rotatable bonds is 5. The Bertz CT molecular complexity index is 1220. The first-order valence-corrected chi connectivity index (χ1v) is 9.49. The van der Waals surface area contributed by atoms with Crippen molar-refractivity contribution in [3.8, 4) is 0 Å². The summed E-state index contributed by atoms with van der Waals surface area (Å²) in [7, 11) is 0. The Labute approximate surface area is 177 Å². The molecule has 7 heteroatoms. The Morgan fingerprint density at radius 3 is 2.29 bits per heavy atom. The van der Waals surface area contributed by atoms with Gasteiger partial charge in [0.1, 0.15) is 5.76 Å². The monoisotopic (exact) mass is 415 g/mol. The number of hydrogen-bond donors (Lipinski definition) is 1. The molecule has 1 atom stereocenters. The van der Waals surface area contributed by atoms with Crippen molar-refractivity contribution in [1.82, 2.24) is 0 Å². The molecule has 3 aromatic rings. The highest BCUT2D eigenvalue weighted by Gasteiger charge is 2.29. The van der Waals surface area contributed by atoms with E-state index in [-0.39, 0.29) is 22.7 Å². The highest BCUT2D eigenvalue weighted by atomic mass is 16.5. The highest BCUT2D eigenvalue weighted by Crippen LogP contribution is 2.29. The third kappa shape index (κ3) is 4.06. The number of furan rings is 1. The van der Waals surface area contributed by atoms with Gasteiger partial charge in [0.15, 0.2) is 17.7 Å². The molecular formula is C24H17NO6. The van der Waals surface area contributed by atoms with Gasteiger partial charge in [0.25, 0.3) is 5.91 Å². The Kier molecular flexibility index (Phi) is 5.32. The van der Waals surface area contributed by atoms with Crippen molar-refractivity contribution in [2.75, 3.05) is 5.32 Å². The molecule has 31 heavy (non-hydrogen) atoms. The number of fused-ring (bicyclic) bond motifs is 2. The van der Waals surface area contributed by atoms with E-state index in [0.717, 1.165) is 6.08 Å². The number of anilines is 1. The Hall–Kier alpha value is -4.26. The quantitative estimate of drug-likeness (QED) is 0.394. The van der Waals surface area contributed by atoms with Crippen LogP contribution in [0.4, 0.5) is 5.69 Å². The van der Waals surface area contributed by atoms with Gasteiger partial charge in [-0.3, -0.25) is 14.4 Å². The standard InChI is InChI=1S/C24H17NO6/c1-14(31-21(26)11-9-16-5-4-12-30-16)24(29)25-15-8-10-19-20(13-15)23(28)18-7-3-2-6-17(18)22(19)27/h2-14H,1H3,(H,25,29)/b11-9+. The first-order chi connectivity index (χ1) is 14.9. The number of benzene rings is 2. The van der Waals surface area contributed by atoms with Crippen LogP contribution in [0.5, 0.6) is 0 Å². The normalized spacial score (nSPS) is 13.5. The number of ketones is 2. The summed E-state index contributed by atoms with van der Waals surface area (Å²) < 4.78 is 10.2. The largest absolute Gasteiger partial charge is 0.465 e. The second-order valence-corrected chi connectivity index (χ2v) is 6.88. The van der Waals surface area contributed by atoms with Crippen LogP contribution in [0.15, 0.2) is 71.4 Å². The van der Waals surface area contributed by atoms with Crippen molar-refractivity contribution >= 4 is 35.2 Å². The number of carbonyl (C=O) groups is 4. The Morgan fingerprint density at radius 2 is 1.61 bits per heavy atom. The maximum atomic E-state index is 12.8. The van der Waals surface area contributed by atoms with Crippen molar-refractivity contribution in [3.63, 3.8) is 0 Å². The van der Waals surface area contributed by atoms with Gasteiger partial charge in [-0.15, -0.1) is 0 Å². The van der Waals surface area contributed by atoms with E-state index in [0.29, 0.717) is 22.6 Å². The molecule has 0 aliphatic heterocycles. The number of esters is 1. The van der Waals surface area contributed by atoms with Gasteiger partial charge in [-0.25, -0.2) is 4.79 Å². The molecule has 0 spiro atoms. The zero-order valence-electron chi connectivity index (χ0n) is 16.5. The third-order valence-electron chi connectivity index (χ3n) is 4.78. The summed E-state index contributed by atoms with van der Waals surface area (Å²) in [6, 6.07) is 14.4. The molecule has 154 valence electrons. The lowest BCUT2D eigenvalue weighted by atomic mass is 9.84. The molecule has 1 aliphatic carbocycles. The number of amides is 1. The van der Waals surface area contributed by atoms with E-state index in [4.69, 9.17) is 9.15 Å². The lowest BCUT2D eigenvalue weighted by Gasteiger charge is -2.18. The van der Waals surface area contributed by atoms with Crippen LogP contribution in [0, 0.1) is 0 Å². The molecule has 4 rings (SSSR count). The summed E-state index contributed by atoms with van der Waals surface area (Å²) in [6.07, 6.45) is 2.97. The van der Waals surface area contributed by atoms with Gasteiger partial charge in [-0.05, 0) is 43.3 Å². The average Bonchev–Trinajstić information content (AvgIpc) is 3.30. The Morgan fingerprint density at radius 1 is 0.935 bits per heavy atom. The van der Waals surface area contributed by atoms with E-state index in [1.165, 1.54) is 37.5 Å². The predicted molar refractivity (Wildman–Crippen MR) is 112 cm³/mol. The summed E-state index contributed by atoms with van der Waals surface area (Å²) in [6.45, 7) is 1.43.